The molecule has 0 amide bonds. The fourth-order valence-electron chi connectivity index (χ4n) is 2.10. The molecule has 20 heavy (non-hydrogen) atoms. The average Bonchev–Trinajstić information content (AvgIpc) is 2.76. The van der Waals surface area contributed by atoms with Gasteiger partial charge >= 0.3 is 0 Å². The van der Waals surface area contributed by atoms with E-state index in [9.17, 15) is 4.79 Å². The van der Waals surface area contributed by atoms with E-state index >= 15 is 0 Å². The van der Waals surface area contributed by atoms with Crippen LogP contribution in [0.25, 0.3) is 0 Å². The van der Waals surface area contributed by atoms with Crippen molar-refractivity contribution in [2.45, 2.75) is 32.7 Å². The van der Waals surface area contributed by atoms with Gasteiger partial charge in [-0.25, -0.2) is 4.68 Å². The van der Waals surface area contributed by atoms with Crippen LogP contribution in [0.3, 0.4) is 0 Å². The van der Waals surface area contributed by atoms with Crippen LogP contribution in [-0.4, -0.2) is 21.3 Å². The molecule has 2 rings (SSSR count). The minimum atomic E-state index is -0.226. The van der Waals surface area contributed by atoms with Gasteiger partial charge in [0.05, 0.1) is 22.3 Å². The van der Waals surface area contributed by atoms with E-state index in [-0.39, 0.29) is 5.41 Å². The van der Waals surface area contributed by atoms with E-state index in [0.717, 1.165) is 17.5 Å². The second kappa shape index (κ2) is 5.54. The molecule has 0 aliphatic rings. The third-order valence-electron chi connectivity index (χ3n) is 2.90. The number of hydrogen-bond donors (Lipinski definition) is 0. The molecule has 1 heterocycles. The minimum Gasteiger partial charge on any atom is -0.296 e. The lowest BCUT2D eigenvalue weighted by Gasteiger charge is -2.20. The first-order valence-corrected chi connectivity index (χ1v) is 6.91. The molecule has 2 aromatic rings. The highest BCUT2D eigenvalue weighted by atomic mass is 35.5. The van der Waals surface area contributed by atoms with Gasteiger partial charge in [-0.3, -0.25) is 4.79 Å². The lowest BCUT2D eigenvalue weighted by atomic mass is 9.90. The van der Waals surface area contributed by atoms with Crippen molar-refractivity contribution in [1.29, 1.82) is 0 Å². The van der Waals surface area contributed by atoms with Crippen molar-refractivity contribution in [3.63, 3.8) is 0 Å². The Morgan fingerprint density at radius 1 is 1.25 bits per heavy atom. The molecular formula is C14H15Cl2N3O. The summed E-state index contributed by atoms with van der Waals surface area (Å²) >= 11 is 11.9. The fourth-order valence-corrected chi connectivity index (χ4v) is 2.42. The molecule has 1 aromatic carbocycles. The first-order valence-electron chi connectivity index (χ1n) is 6.16. The van der Waals surface area contributed by atoms with E-state index in [2.05, 4.69) is 10.3 Å². The molecule has 0 saturated carbocycles. The largest absolute Gasteiger partial charge is 0.296 e. The van der Waals surface area contributed by atoms with Crippen LogP contribution in [0.4, 0.5) is 0 Å². The van der Waals surface area contributed by atoms with Crippen LogP contribution in [0.5, 0.6) is 0 Å². The first kappa shape index (κ1) is 15.0. The molecule has 0 aliphatic carbocycles. The minimum absolute atomic E-state index is 0.226. The van der Waals surface area contributed by atoms with Gasteiger partial charge in [0.15, 0.2) is 6.29 Å². The Morgan fingerprint density at radius 2 is 1.95 bits per heavy atom. The van der Waals surface area contributed by atoms with Crippen molar-refractivity contribution in [1.82, 2.24) is 15.0 Å². The summed E-state index contributed by atoms with van der Waals surface area (Å²) in [6.07, 6.45) is 0.735. The molecule has 0 aliphatic heterocycles. The van der Waals surface area contributed by atoms with Gasteiger partial charge in [-0.15, -0.1) is 5.10 Å². The number of aromatic nitrogens is 3. The molecule has 0 saturated heterocycles. The maximum absolute atomic E-state index is 11.1. The molecule has 1 aromatic heterocycles. The third-order valence-corrected chi connectivity index (χ3v) is 3.64. The molecule has 0 spiro atoms. The van der Waals surface area contributed by atoms with Crippen LogP contribution in [0.2, 0.25) is 10.0 Å². The molecular weight excluding hydrogens is 297 g/mol. The monoisotopic (exact) mass is 311 g/mol. The van der Waals surface area contributed by atoms with E-state index in [1.54, 1.807) is 16.8 Å². The summed E-state index contributed by atoms with van der Waals surface area (Å²) in [5.74, 6) is 0. The predicted molar refractivity (Wildman–Crippen MR) is 79.7 cm³/mol. The molecule has 4 nitrogen and oxygen atoms in total. The number of aldehydes is 1. The smallest absolute Gasteiger partial charge is 0.172 e. The topological polar surface area (TPSA) is 47.8 Å². The van der Waals surface area contributed by atoms with Crippen LogP contribution in [0.15, 0.2) is 18.2 Å². The highest BCUT2D eigenvalue weighted by Gasteiger charge is 2.25. The van der Waals surface area contributed by atoms with E-state index in [4.69, 9.17) is 23.2 Å². The van der Waals surface area contributed by atoms with E-state index in [1.807, 2.05) is 26.8 Å². The summed E-state index contributed by atoms with van der Waals surface area (Å²) < 4.78 is 1.73. The summed E-state index contributed by atoms with van der Waals surface area (Å²) in [6, 6.07) is 5.41. The molecule has 0 fully saturated rings. The summed E-state index contributed by atoms with van der Waals surface area (Å²) in [4.78, 5) is 11.1. The number of nitrogens with zero attached hydrogens (tertiary/aromatic N) is 3. The molecule has 0 atom stereocenters. The summed E-state index contributed by atoms with van der Waals surface area (Å²) in [6.45, 7) is 6.54. The maximum atomic E-state index is 11.1. The van der Waals surface area contributed by atoms with Crippen LogP contribution >= 0.6 is 23.2 Å². The van der Waals surface area contributed by atoms with Crippen LogP contribution < -0.4 is 0 Å². The van der Waals surface area contributed by atoms with Gasteiger partial charge in [0, 0.05) is 5.41 Å². The maximum Gasteiger partial charge on any atom is 0.172 e. The Hall–Kier alpha value is -1.39. The zero-order valence-electron chi connectivity index (χ0n) is 11.5. The summed E-state index contributed by atoms with van der Waals surface area (Å²) in [5, 5.41) is 8.99. The fraction of sp³-hybridized carbons (Fsp3) is 0.357. The van der Waals surface area contributed by atoms with Crippen molar-refractivity contribution in [3.05, 3.63) is 45.2 Å². The van der Waals surface area contributed by atoms with Gasteiger partial charge in [0.2, 0.25) is 0 Å². The van der Waals surface area contributed by atoms with Crippen molar-refractivity contribution in [2.24, 2.45) is 0 Å². The zero-order valence-corrected chi connectivity index (χ0v) is 13.0. The van der Waals surface area contributed by atoms with Gasteiger partial charge in [-0.2, -0.15) is 0 Å². The summed E-state index contributed by atoms with van der Waals surface area (Å²) in [7, 11) is 0. The molecule has 0 bridgehead atoms. The lowest BCUT2D eigenvalue weighted by molar-refractivity contribution is 0.111. The van der Waals surface area contributed by atoms with E-state index in [0.29, 0.717) is 22.3 Å². The number of benzene rings is 1. The lowest BCUT2D eigenvalue weighted by Crippen LogP contribution is -2.20. The van der Waals surface area contributed by atoms with Crippen LogP contribution in [0.1, 0.15) is 42.5 Å². The Morgan fingerprint density at radius 3 is 2.50 bits per heavy atom. The van der Waals surface area contributed by atoms with Crippen molar-refractivity contribution in [3.8, 4) is 0 Å². The molecule has 106 valence electrons. The zero-order chi connectivity index (χ0) is 14.9. The number of hydrogen-bond acceptors (Lipinski definition) is 3. The molecule has 0 N–H and O–H groups in total. The van der Waals surface area contributed by atoms with Gasteiger partial charge in [-0.1, -0.05) is 55.3 Å². The van der Waals surface area contributed by atoms with Crippen LogP contribution in [-0.2, 0) is 12.0 Å². The predicted octanol–water partition coefficient (Wildman–Crippen LogP) is 3.74. The highest BCUT2D eigenvalue weighted by molar-refractivity contribution is 6.42. The first-order chi connectivity index (χ1) is 9.32. The van der Waals surface area contributed by atoms with Crippen molar-refractivity contribution < 1.29 is 4.79 Å². The Bertz CT molecular complexity index is 644. The summed E-state index contributed by atoms with van der Waals surface area (Å²) in [5.41, 5.74) is 1.90. The highest BCUT2D eigenvalue weighted by Crippen LogP contribution is 2.26. The van der Waals surface area contributed by atoms with Crippen LogP contribution in [0, 0.1) is 0 Å². The standard InChI is InChI=1S/C14H15Cl2N3O/c1-14(2,3)13-12(8-20)17-18-19(13)7-9-4-5-10(15)11(16)6-9/h4-6,8H,7H2,1-3H3. The number of halogens is 2. The number of rotatable bonds is 3. The molecule has 0 unspecified atom stereocenters. The third kappa shape index (κ3) is 3.02. The second-order valence-electron chi connectivity index (χ2n) is 5.60. The van der Waals surface area contributed by atoms with Gasteiger partial charge in [0.1, 0.15) is 5.69 Å². The number of carbonyl (C=O) groups excluding carboxylic acids is 1. The van der Waals surface area contributed by atoms with Crippen molar-refractivity contribution in [2.75, 3.05) is 0 Å². The van der Waals surface area contributed by atoms with E-state index in [1.165, 1.54) is 0 Å². The second-order valence-corrected chi connectivity index (χ2v) is 6.41. The SMILES string of the molecule is CC(C)(C)c1c(C=O)nnn1Cc1ccc(Cl)c(Cl)c1. The quantitative estimate of drug-likeness (QED) is 0.811. The van der Waals surface area contributed by atoms with Crippen molar-refractivity contribution >= 4 is 29.5 Å². The Balaban J connectivity index is 2.41. The Kier molecular flexibility index (Phi) is 4.16. The van der Waals surface area contributed by atoms with E-state index < -0.39 is 0 Å². The molecule has 0 radical (unpaired) electrons. The Labute approximate surface area is 127 Å². The normalized spacial score (nSPS) is 11.7. The number of carbonyl (C=O) groups is 1. The van der Waals surface area contributed by atoms with Gasteiger partial charge in [0.25, 0.3) is 0 Å². The van der Waals surface area contributed by atoms with Gasteiger partial charge < -0.3 is 0 Å². The molecule has 6 heteroatoms. The average molecular weight is 312 g/mol. The van der Waals surface area contributed by atoms with Gasteiger partial charge in [-0.05, 0) is 17.7 Å².